The van der Waals surface area contributed by atoms with Crippen molar-refractivity contribution in [1.29, 1.82) is 0 Å². The molecule has 1 amide bonds. The van der Waals surface area contributed by atoms with E-state index in [9.17, 15) is 4.79 Å². The predicted octanol–water partition coefficient (Wildman–Crippen LogP) is 1.48. The highest BCUT2D eigenvalue weighted by molar-refractivity contribution is 5.92. The fourth-order valence-corrected chi connectivity index (χ4v) is 2.13. The van der Waals surface area contributed by atoms with E-state index in [0.717, 1.165) is 18.8 Å². The third kappa shape index (κ3) is 2.78. The summed E-state index contributed by atoms with van der Waals surface area (Å²) < 4.78 is 0. The summed E-state index contributed by atoms with van der Waals surface area (Å²) in [5, 5.41) is 0. The first kappa shape index (κ1) is 12.8. The van der Waals surface area contributed by atoms with Gasteiger partial charge in [-0.1, -0.05) is 0 Å². The number of hydrogen-bond acceptors (Lipinski definition) is 4. The number of hydrogen-bond donors (Lipinski definition) is 0. The van der Waals surface area contributed by atoms with Gasteiger partial charge in [0.2, 0.25) is 5.95 Å². The molecule has 0 unspecified atom stereocenters. The Kier molecular flexibility index (Phi) is 3.79. The van der Waals surface area contributed by atoms with Crippen molar-refractivity contribution in [3.8, 4) is 0 Å². The zero-order valence-corrected chi connectivity index (χ0v) is 11.3. The van der Waals surface area contributed by atoms with Crippen LogP contribution in [0.5, 0.6) is 0 Å². The van der Waals surface area contributed by atoms with Crippen LogP contribution in [0, 0.1) is 6.92 Å². The molecule has 5 heteroatoms. The van der Waals surface area contributed by atoms with Gasteiger partial charge in [-0.05, 0) is 32.3 Å². The molecular weight excluding hydrogens is 228 g/mol. The lowest BCUT2D eigenvalue weighted by Crippen LogP contribution is -2.32. The summed E-state index contributed by atoms with van der Waals surface area (Å²) in [5.74, 6) is 0.624. The zero-order chi connectivity index (χ0) is 13.1. The number of anilines is 1. The molecule has 0 bridgehead atoms. The van der Waals surface area contributed by atoms with Crippen LogP contribution >= 0.6 is 0 Å². The van der Waals surface area contributed by atoms with Gasteiger partial charge >= 0.3 is 0 Å². The SMILES string of the molecule is Cc1cc(C(=O)N(C)C)nc(N2CCCCC2)n1. The smallest absolute Gasteiger partial charge is 0.272 e. The second kappa shape index (κ2) is 5.33. The molecular formula is C13H20N4O. The summed E-state index contributed by atoms with van der Waals surface area (Å²) in [7, 11) is 3.47. The van der Waals surface area contributed by atoms with Gasteiger partial charge in [0.1, 0.15) is 5.69 Å². The summed E-state index contributed by atoms with van der Waals surface area (Å²) in [5.41, 5.74) is 1.32. The van der Waals surface area contributed by atoms with E-state index in [-0.39, 0.29) is 5.91 Å². The first-order chi connectivity index (χ1) is 8.58. The third-order valence-corrected chi connectivity index (χ3v) is 3.11. The van der Waals surface area contributed by atoms with E-state index in [1.54, 1.807) is 25.1 Å². The van der Waals surface area contributed by atoms with E-state index in [2.05, 4.69) is 14.9 Å². The highest BCUT2D eigenvalue weighted by atomic mass is 16.2. The fourth-order valence-electron chi connectivity index (χ4n) is 2.13. The lowest BCUT2D eigenvalue weighted by molar-refractivity contribution is 0.0821. The van der Waals surface area contributed by atoms with Crippen molar-refractivity contribution >= 4 is 11.9 Å². The standard InChI is InChI=1S/C13H20N4O/c1-10-9-11(12(18)16(2)3)15-13(14-10)17-7-5-4-6-8-17/h9H,4-8H2,1-3H3. The Bertz CT molecular complexity index is 439. The number of amides is 1. The molecule has 0 spiro atoms. The average Bonchev–Trinajstić information content (AvgIpc) is 2.38. The topological polar surface area (TPSA) is 49.3 Å². The molecule has 0 atom stereocenters. The van der Waals surface area contributed by atoms with Crippen LogP contribution < -0.4 is 4.90 Å². The summed E-state index contributed by atoms with van der Waals surface area (Å²) in [4.78, 5) is 24.5. The number of carbonyl (C=O) groups excluding carboxylic acids is 1. The van der Waals surface area contributed by atoms with Crippen molar-refractivity contribution in [2.45, 2.75) is 26.2 Å². The minimum atomic E-state index is -0.0706. The van der Waals surface area contributed by atoms with Crippen molar-refractivity contribution in [2.75, 3.05) is 32.1 Å². The van der Waals surface area contributed by atoms with Gasteiger partial charge in [0.25, 0.3) is 5.91 Å². The molecule has 1 saturated heterocycles. The highest BCUT2D eigenvalue weighted by Crippen LogP contribution is 2.17. The molecule has 2 rings (SSSR count). The van der Waals surface area contributed by atoms with Gasteiger partial charge in [-0.2, -0.15) is 0 Å². The van der Waals surface area contributed by atoms with Crippen molar-refractivity contribution in [3.63, 3.8) is 0 Å². The molecule has 0 saturated carbocycles. The van der Waals surface area contributed by atoms with Crippen molar-refractivity contribution in [1.82, 2.24) is 14.9 Å². The lowest BCUT2D eigenvalue weighted by atomic mass is 10.1. The van der Waals surface area contributed by atoms with E-state index >= 15 is 0 Å². The average molecular weight is 248 g/mol. The van der Waals surface area contributed by atoms with Gasteiger partial charge in [0.15, 0.2) is 0 Å². The van der Waals surface area contributed by atoms with Gasteiger partial charge in [-0.15, -0.1) is 0 Å². The number of nitrogens with zero attached hydrogens (tertiary/aromatic N) is 4. The van der Waals surface area contributed by atoms with Gasteiger partial charge in [-0.25, -0.2) is 9.97 Å². The van der Waals surface area contributed by atoms with Crippen LogP contribution in [0.3, 0.4) is 0 Å². The molecule has 1 aromatic heterocycles. The second-order valence-electron chi connectivity index (χ2n) is 4.94. The molecule has 1 fully saturated rings. The van der Waals surface area contributed by atoms with Crippen LogP contribution in [-0.2, 0) is 0 Å². The summed E-state index contributed by atoms with van der Waals surface area (Å²) >= 11 is 0. The van der Waals surface area contributed by atoms with Gasteiger partial charge in [-0.3, -0.25) is 4.79 Å². The van der Waals surface area contributed by atoms with Crippen molar-refractivity contribution in [2.24, 2.45) is 0 Å². The number of rotatable bonds is 2. The minimum Gasteiger partial charge on any atom is -0.343 e. The first-order valence-corrected chi connectivity index (χ1v) is 6.40. The maximum Gasteiger partial charge on any atom is 0.272 e. The van der Waals surface area contributed by atoms with Crippen LogP contribution in [0.1, 0.15) is 35.4 Å². The van der Waals surface area contributed by atoms with Crippen LogP contribution in [-0.4, -0.2) is 48.0 Å². The second-order valence-corrected chi connectivity index (χ2v) is 4.94. The van der Waals surface area contributed by atoms with Crippen LogP contribution in [0.4, 0.5) is 5.95 Å². The Morgan fingerprint density at radius 3 is 2.50 bits per heavy atom. The summed E-state index contributed by atoms with van der Waals surface area (Å²) in [6.07, 6.45) is 3.62. The molecule has 18 heavy (non-hydrogen) atoms. The number of aromatic nitrogens is 2. The van der Waals surface area contributed by atoms with Crippen LogP contribution in [0.2, 0.25) is 0 Å². The van der Waals surface area contributed by atoms with Crippen molar-refractivity contribution in [3.05, 3.63) is 17.5 Å². The van der Waals surface area contributed by atoms with E-state index < -0.39 is 0 Å². The third-order valence-electron chi connectivity index (χ3n) is 3.11. The van der Waals surface area contributed by atoms with Gasteiger partial charge < -0.3 is 9.80 Å². The molecule has 1 aromatic rings. The lowest BCUT2D eigenvalue weighted by Gasteiger charge is -2.27. The summed E-state index contributed by atoms with van der Waals surface area (Å²) in [6, 6.07) is 1.75. The Hall–Kier alpha value is -1.65. The molecule has 1 aliphatic rings. The number of piperidine rings is 1. The molecule has 0 aliphatic carbocycles. The monoisotopic (exact) mass is 248 g/mol. The molecule has 1 aliphatic heterocycles. The molecule has 0 radical (unpaired) electrons. The minimum absolute atomic E-state index is 0.0706. The van der Waals surface area contributed by atoms with Gasteiger partial charge in [0.05, 0.1) is 0 Å². The molecule has 0 N–H and O–H groups in total. The zero-order valence-electron chi connectivity index (χ0n) is 11.3. The van der Waals surface area contributed by atoms with Crippen molar-refractivity contribution < 1.29 is 4.79 Å². The maximum atomic E-state index is 11.9. The Balaban J connectivity index is 2.28. The van der Waals surface area contributed by atoms with E-state index in [1.165, 1.54) is 19.3 Å². The number of aryl methyl sites for hydroxylation is 1. The van der Waals surface area contributed by atoms with E-state index in [4.69, 9.17) is 0 Å². The molecule has 98 valence electrons. The van der Waals surface area contributed by atoms with Crippen LogP contribution in [0.25, 0.3) is 0 Å². The number of carbonyl (C=O) groups is 1. The first-order valence-electron chi connectivity index (χ1n) is 6.40. The van der Waals surface area contributed by atoms with E-state index in [0.29, 0.717) is 11.6 Å². The maximum absolute atomic E-state index is 11.9. The molecule has 0 aromatic carbocycles. The quantitative estimate of drug-likeness (QED) is 0.795. The van der Waals surface area contributed by atoms with Gasteiger partial charge in [0, 0.05) is 32.9 Å². The largest absolute Gasteiger partial charge is 0.343 e. The molecule has 5 nitrogen and oxygen atoms in total. The predicted molar refractivity (Wildman–Crippen MR) is 70.9 cm³/mol. The fraction of sp³-hybridized carbons (Fsp3) is 0.615. The Morgan fingerprint density at radius 2 is 1.89 bits per heavy atom. The van der Waals surface area contributed by atoms with E-state index in [1.807, 2.05) is 6.92 Å². The Labute approximate surface area is 108 Å². The van der Waals surface area contributed by atoms with Crippen LogP contribution in [0.15, 0.2) is 6.07 Å². The summed E-state index contributed by atoms with van der Waals surface area (Å²) in [6.45, 7) is 3.87. The molecule has 2 heterocycles. The Morgan fingerprint density at radius 1 is 1.22 bits per heavy atom. The highest BCUT2D eigenvalue weighted by Gasteiger charge is 2.17. The normalized spacial score (nSPS) is 15.6.